The molecule has 1 saturated heterocycles. The number of nitrogens with one attached hydrogen (secondary N) is 1. The Morgan fingerprint density at radius 2 is 2.24 bits per heavy atom. The van der Waals surface area contributed by atoms with Crippen LogP contribution in [0.15, 0.2) is 12.1 Å². The molecule has 0 radical (unpaired) electrons. The molecule has 0 spiro atoms. The predicted molar refractivity (Wildman–Crippen MR) is 78.9 cm³/mol. The number of rotatable bonds is 6. The van der Waals surface area contributed by atoms with Crippen LogP contribution in [0, 0.1) is 27.4 Å². The van der Waals surface area contributed by atoms with E-state index >= 15 is 0 Å². The third kappa shape index (κ3) is 4.13. The fourth-order valence-corrected chi connectivity index (χ4v) is 2.53. The molecule has 2 rings (SSSR count). The van der Waals surface area contributed by atoms with Gasteiger partial charge in [-0.25, -0.2) is 4.98 Å². The van der Waals surface area contributed by atoms with Crippen molar-refractivity contribution in [2.75, 3.05) is 31.5 Å². The molecule has 1 atom stereocenters. The zero-order valence-electron chi connectivity index (χ0n) is 12.1. The van der Waals surface area contributed by atoms with Gasteiger partial charge in [-0.2, -0.15) is 5.26 Å². The third-order valence-electron chi connectivity index (χ3n) is 3.58. The summed E-state index contributed by atoms with van der Waals surface area (Å²) in [6, 6.07) is 4.62. The van der Waals surface area contributed by atoms with Crippen molar-refractivity contribution in [3.05, 3.63) is 27.9 Å². The van der Waals surface area contributed by atoms with Crippen LogP contribution in [-0.2, 0) is 0 Å². The van der Waals surface area contributed by atoms with Gasteiger partial charge in [0.05, 0.1) is 4.92 Å². The van der Waals surface area contributed by atoms with E-state index in [2.05, 4.69) is 22.1 Å². The van der Waals surface area contributed by atoms with Gasteiger partial charge in [-0.1, -0.05) is 6.92 Å². The molecule has 1 aliphatic heterocycles. The van der Waals surface area contributed by atoms with Crippen molar-refractivity contribution in [2.24, 2.45) is 5.92 Å². The normalized spacial score (nSPS) is 16.4. The van der Waals surface area contributed by atoms with Gasteiger partial charge in [-0.15, -0.1) is 0 Å². The van der Waals surface area contributed by atoms with Gasteiger partial charge >= 0.3 is 5.69 Å². The van der Waals surface area contributed by atoms with E-state index in [0.29, 0.717) is 11.7 Å². The molecule has 1 aliphatic rings. The van der Waals surface area contributed by atoms with Crippen LogP contribution in [0.25, 0.3) is 0 Å². The molecule has 0 aromatic carbocycles. The fraction of sp³-hybridized carbons (Fsp3) is 0.571. The fourth-order valence-electron chi connectivity index (χ4n) is 2.53. The first-order valence-corrected chi connectivity index (χ1v) is 7.12. The Balaban J connectivity index is 1.90. The van der Waals surface area contributed by atoms with E-state index in [4.69, 9.17) is 5.26 Å². The number of aromatic nitrogens is 1. The van der Waals surface area contributed by atoms with Gasteiger partial charge in [-0.05, 0) is 37.9 Å². The Morgan fingerprint density at radius 1 is 1.52 bits per heavy atom. The first-order chi connectivity index (χ1) is 10.1. The number of nitriles is 1. The van der Waals surface area contributed by atoms with Crippen LogP contribution in [-0.4, -0.2) is 41.0 Å². The highest BCUT2D eigenvalue weighted by atomic mass is 16.6. The molecule has 7 heteroatoms. The van der Waals surface area contributed by atoms with Crippen LogP contribution in [0.1, 0.15) is 25.5 Å². The number of nitrogens with zero attached hydrogens (tertiary/aromatic N) is 4. The highest BCUT2D eigenvalue weighted by molar-refractivity contribution is 5.50. The summed E-state index contributed by atoms with van der Waals surface area (Å²) in [4.78, 5) is 16.6. The van der Waals surface area contributed by atoms with Crippen molar-refractivity contribution >= 4 is 11.5 Å². The van der Waals surface area contributed by atoms with E-state index in [1.54, 1.807) is 12.1 Å². The average Bonchev–Trinajstić information content (AvgIpc) is 2.97. The lowest BCUT2D eigenvalue weighted by atomic mass is 10.1. The van der Waals surface area contributed by atoms with Crippen molar-refractivity contribution in [1.29, 1.82) is 5.26 Å². The Bertz CT molecular complexity index is 549. The van der Waals surface area contributed by atoms with Crippen molar-refractivity contribution in [1.82, 2.24) is 9.88 Å². The minimum absolute atomic E-state index is 0.155. The van der Waals surface area contributed by atoms with Gasteiger partial charge in [0.1, 0.15) is 11.9 Å². The smallest absolute Gasteiger partial charge is 0.305 e. The molecule has 1 aromatic heterocycles. The molecular weight excluding hydrogens is 270 g/mol. The molecule has 112 valence electrons. The SMILES string of the molecule is CC(CNc1ccc([N+](=O)[O-])c(C#N)n1)CN1CCCC1. The Morgan fingerprint density at radius 3 is 2.86 bits per heavy atom. The number of nitro groups is 1. The number of likely N-dealkylation sites (tertiary alicyclic amines) is 1. The molecule has 21 heavy (non-hydrogen) atoms. The molecule has 1 unspecified atom stereocenters. The van der Waals surface area contributed by atoms with Crippen molar-refractivity contribution in [3.8, 4) is 6.07 Å². The summed E-state index contributed by atoms with van der Waals surface area (Å²) in [6.45, 7) is 6.25. The lowest BCUT2D eigenvalue weighted by molar-refractivity contribution is -0.385. The van der Waals surface area contributed by atoms with E-state index < -0.39 is 4.92 Å². The molecule has 2 heterocycles. The second kappa shape index (κ2) is 6.99. The maximum absolute atomic E-state index is 10.7. The second-order valence-electron chi connectivity index (χ2n) is 5.43. The van der Waals surface area contributed by atoms with E-state index in [1.807, 2.05) is 0 Å². The number of hydrogen-bond donors (Lipinski definition) is 1. The number of hydrogen-bond acceptors (Lipinski definition) is 6. The molecule has 0 bridgehead atoms. The Labute approximate surface area is 123 Å². The van der Waals surface area contributed by atoms with Crippen molar-refractivity contribution < 1.29 is 4.92 Å². The standard InChI is InChI=1S/C14H19N5O2/c1-11(10-18-6-2-3-7-18)9-16-14-5-4-13(19(20)21)12(8-15)17-14/h4-5,11H,2-3,6-7,9-10H2,1H3,(H,16,17). The van der Waals surface area contributed by atoms with Crippen molar-refractivity contribution in [2.45, 2.75) is 19.8 Å². The molecule has 1 aromatic rings. The monoisotopic (exact) mass is 289 g/mol. The minimum atomic E-state index is -0.592. The molecule has 7 nitrogen and oxygen atoms in total. The maximum atomic E-state index is 10.7. The van der Waals surface area contributed by atoms with Gasteiger partial charge in [-0.3, -0.25) is 10.1 Å². The summed E-state index contributed by atoms with van der Waals surface area (Å²) >= 11 is 0. The molecule has 0 amide bonds. The maximum Gasteiger partial charge on any atom is 0.305 e. The zero-order valence-corrected chi connectivity index (χ0v) is 12.1. The third-order valence-corrected chi connectivity index (χ3v) is 3.58. The van der Waals surface area contributed by atoms with Gasteiger partial charge < -0.3 is 10.2 Å². The molecular formula is C14H19N5O2. The van der Waals surface area contributed by atoms with Crippen LogP contribution < -0.4 is 5.32 Å². The first-order valence-electron chi connectivity index (χ1n) is 7.12. The lowest BCUT2D eigenvalue weighted by Gasteiger charge is -2.20. The summed E-state index contributed by atoms with van der Waals surface area (Å²) < 4.78 is 0. The molecule has 1 N–H and O–H groups in total. The Kier molecular flexibility index (Phi) is 5.06. The minimum Gasteiger partial charge on any atom is -0.370 e. The van der Waals surface area contributed by atoms with Gasteiger partial charge in [0.25, 0.3) is 0 Å². The van der Waals surface area contributed by atoms with Crippen molar-refractivity contribution in [3.63, 3.8) is 0 Å². The summed E-state index contributed by atoms with van der Waals surface area (Å²) in [6.07, 6.45) is 2.55. The molecule has 1 fully saturated rings. The molecule has 0 saturated carbocycles. The van der Waals surface area contributed by atoms with Crippen LogP contribution in [0.4, 0.5) is 11.5 Å². The van der Waals surface area contributed by atoms with Gasteiger partial charge in [0.2, 0.25) is 5.69 Å². The van der Waals surface area contributed by atoms with Crippen LogP contribution in [0.2, 0.25) is 0 Å². The molecule has 0 aliphatic carbocycles. The quantitative estimate of drug-likeness (QED) is 0.635. The lowest BCUT2D eigenvalue weighted by Crippen LogP contribution is -2.29. The second-order valence-corrected chi connectivity index (χ2v) is 5.43. The average molecular weight is 289 g/mol. The van der Waals surface area contributed by atoms with Crippen LogP contribution >= 0.6 is 0 Å². The van der Waals surface area contributed by atoms with E-state index in [9.17, 15) is 10.1 Å². The highest BCUT2D eigenvalue weighted by Crippen LogP contribution is 2.18. The first kappa shape index (κ1) is 15.2. The predicted octanol–water partition coefficient (Wildman–Crippen LogP) is 2.01. The summed E-state index contributed by atoms with van der Waals surface area (Å²) in [7, 11) is 0. The van der Waals surface area contributed by atoms with Gasteiger partial charge in [0, 0.05) is 19.2 Å². The van der Waals surface area contributed by atoms with Crippen LogP contribution in [0.5, 0.6) is 0 Å². The van der Waals surface area contributed by atoms with Gasteiger partial charge in [0.15, 0.2) is 0 Å². The highest BCUT2D eigenvalue weighted by Gasteiger charge is 2.17. The Hall–Kier alpha value is -2.20. The van der Waals surface area contributed by atoms with E-state index in [0.717, 1.165) is 13.1 Å². The number of anilines is 1. The summed E-state index contributed by atoms with van der Waals surface area (Å²) in [5, 5.41) is 22.8. The zero-order chi connectivity index (χ0) is 15.2. The van der Waals surface area contributed by atoms with E-state index in [1.165, 1.54) is 32.0 Å². The van der Waals surface area contributed by atoms with E-state index in [-0.39, 0.29) is 11.4 Å². The summed E-state index contributed by atoms with van der Waals surface area (Å²) in [5.74, 6) is 0.955. The largest absolute Gasteiger partial charge is 0.370 e. The number of pyridine rings is 1. The summed E-state index contributed by atoms with van der Waals surface area (Å²) in [5.41, 5.74) is -0.412. The van der Waals surface area contributed by atoms with Crippen LogP contribution in [0.3, 0.4) is 0 Å². The topological polar surface area (TPSA) is 95.1 Å².